The smallest absolute Gasteiger partial charge is 0.323 e. The molecule has 0 radical (unpaired) electrons. The van der Waals surface area contributed by atoms with E-state index in [1.807, 2.05) is 51.1 Å². The molecule has 0 aliphatic heterocycles. The Labute approximate surface area is 147 Å². The van der Waals surface area contributed by atoms with E-state index in [4.69, 9.17) is 9.63 Å². The van der Waals surface area contributed by atoms with Gasteiger partial charge in [-0.2, -0.15) is 0 Å². The third-order valence-electron chi connectivity index (χ3n) is 4.25. The largest absolute Gasteiger partial charge is 0.480 e. The number of carbonyl (C=O) groups is 2. The van der Waals surface area contributed by atoms with Crippen LogP contribution in [0, 0.1) is 13.8 Å². The van der Waals surface area contributed by atoms with Gasteiger partial charge in [0.1, 0.15) is 12.3 Å². The molecule has 2 aromatic rings. The van der Waals surface area contributed by atoms with Crippen molar-refractivity contribution in [2.75, 3.05) is 13.1 Å². The number of carboxylic acids is 1. The van der Waals surface area contributed by atoms with E-state index in [2.05, 4.69) is 5.16 Å². The number of hydrogen-bond donors (Lipinski definition) is 1. The minimum absolute atomic E-state index is 0.0771. The SMILES string of the molecule is Cc1noc(C)c1C(C)CC(=O)N(CCc1ccccc1)CC(=O)O. The molecule has 1 N–H and O–H groups in total. The van der Waals surface area contributed by atoms with Crippen molar-refractivity contribution in [3.8, 4) is 0 Å². The highest BCUT2D eigenvalue weighted by Gasteiger charge is 2.23. The lowest BCUT2D eigenvalue weighted by molar-refractivity contribution is -0.144. The average molecular weight is 344 g/mol. The first kappa shape index (κ1) is 18.7. The van der Waals surface area contributed by atoms with Crippen LogP contribution in [-0.4, -0.2) is 40.1 Å². The summed E-state index contributed by atoms with van der Waals surface area (Å²) in [5.74, 6) is -0.559. The number of nitrogens with zero attached hydrogens (tertiary/aromatic N) is 2. The summed E-state index contributed by atoms with van der Waals surface area (Å²) >= 11 is 0. The highest BCUT2D eigenvalue weighted by molar-refractivity contribution is 5.82. The van der Waals surface area contributed by atoms with Crippen LogP contribution in [0.5, 0.6) is 0 Å². The van der Waals surface area contributed by atoms with Gasteiger partial charge in [-0.15, -0.1) is 0 Å². The van der Waals surface area contributed by atoms with Gasteiger partial charge in [0.2, 0.25) is 5.91 Å². The summed E-state index contributed by atoms with van der Waals surface area (Å²) in [7, 11) is 0. The van der Waals surface area contributed by atoms with E-state index in [-0.39, 0.29) is 24.8 Å². The molecule has 1 heterocycles. The van der Waals surface area contributed by atoms with Gasteiger partial charge >= 0.3 is 5.97 Å². The van der Waals surface area contributed by atoms with E-state index >= 15 is 0 Å². The van der Waals surface area contributed by atoms with Crippen LogP contribution in [0.1, 0.15) is 41.8 Å². The molecule has 134 valence electrons. The van der Waals surface area contributed by atoms with Crippen molar-refractivity contribution in [3.63, 3.8) is 0 Å². The quantitative estimate of drug-likeness (QED) is 0.796. The van der Waals surface area contributed by atoms with Crippen molar-refractivity contribution in [2.24, 2.45) is 0 Å². The Morgan fingerprint density at radius 3 is 2.48 bits per heavy atom. The molecule has 6 nitrogen and oxygen atoms in total. The molecular weight excluding hydrogens is 320 g/mol. The zero-order valence-electron chi connectivity index (χ0n) is 14.9. The van der Waals surface area contributed by atoms with Crippen LogP contribution in [0.3, 0.4) is 0 Å². The molecular formula is C19H24N2O4. The van der Waals surface area contributed by atoms with Crippen LogP contribution in [0.4, 0.5) is 0 Å². The van der Waals surface area contributed by atoms with E-state index in [0.29, 0.717) is 18.7 Å². The van der Waals surface area contributed by atoms with E-state index in [1.165, 1.54) is 4.90 Å². The van der Waals surface area contributed by atoms with E-state index < -0.39 is 5.97 Å². The van der Waals surface area contributed by atoms with Gasteiger partial charge in [0, 0.05) is 18.5 Å². The molecule has 1 atom stereocenters. The number of aryl methyl sites for hydroxylation is 2. The van der Waals surface area contributed by atoms with E-state index in [0.717, 1.165) is 16.8 Å². The number of carboxylic acid groups (broad SMARTS) is 1. The van der Waals surface area contributed by atoms with E-state index in [1.54, 1.807) is 0 Å². The second-order valence-corrected chi connectivity index (χ2v) is 6.29. The van der Waals surface area contributed by atoms with Crippen LogP contribution in [0.2, 0.25) is 0 Å². The highest BCUT2D eigenvalue weighted by atomic mass is 16.5. The summed E-state index contributed by atoms with van der Waals surface area (Å²) in [5, 5.41) is 13.0. The van der Waals surface area contributed by atoms with Crippen LogP contribution >= 0.6 is 0 Å². The zero-order chi connectivity index (χ0) is 18.4. The number of aromatic nitrogens is 1. The second kappa shape index (κ2) is 8.46. The van der Waals surface area contributed by atoms with Gasteiger partial charge < -0.3 is 14.5 Å². The number of benzene rings is 1. The molecule has 0 spiro atoms. The summed E-state index contributed by atoms with van der Waals surface area (Å²) < 4.78 is 5.16. The first-order valence-electron chi connectivity index (χ1n) is 8.34. The Morgan fingerprint density at radius 2 is 1.92 bits per heavy atom. The van der Waals surface area contributed by atoms with Crippen molar-refractivity contribution in [1.82, 2.24) is 10.1 Å². The normalized spacial score (nSPS) is 12.0. The summed E-state index contributed by atoms with van der Waals surface area (Å²) in [5.41, 5.74) is 2.77. The van der Waals surface area contributed by atoms with Gasteiger partial charge in [0.15, 0.2) is 0 Å². The van der Waals surface area contributed by atoms with Crippen molar-refractivity contribution < 1.29 is 19.2 Å². The van der Waals surface area contributed by atoms with Crippen molar-refractivity contribution in [1.29, 1.82) is 0 Å². The number of aliphatic carboxylic acids is 1. The molecule has 1 aromatic heterocycles. The maximum absolute atomic E-state index is 12.6. The predicted molar refractivity (Wildman–Crippen MR) is 93.4 cm³/mol. The Morgan fingerprint density at radius 1 is 1.24 bits per heavy atom. The molecule has 0 aliphatic carbocycles. The summed E-state index contributed by atoms with van der Waals surface area (Å²) in [6, 6.07) is 9.72. The van der Waals surface area contributed by atoms with Gasteiger partial charge in [0.05, 0.1) is 5.69 Å². The Hall–Kier alpha value is -2.63. The van der Waals surface area contributed by atoms with Gasteiger partial charge in [-0.05, 0) is 31.7 Å². The standard InChI is InChI=1S/C19H24N2O4/c1-13(19-14(2)20-25-15(19)3)11-17(22)21(12-18(23)24)10-9-16-7-5-4-6-8-16/h4-8,13H,9-12H2,1-3H3,(H,23,24). The highest BCUT2D eigenvalue weighted by Crippen LogP contribution is 2.26. The van der Waals surface area contributed by atoms with Crippen molar-refractivity contribution >= 4 is 11.9 Å². The number of rotatable bonds is 8. The van der Waals surface area contributed by atoms with Crippen molar-refractivity contribution in [3.05, 3.63) is 52.9 Å². The maximum Gasteiger partial charge on any atom is 0.323 e. The number of carbonyl (C=O) groups excluding carboxylic acids is 1. The molecule has 25 heavy (non-hydrogen) atoms. The molecule has 1 unspecified atom stereocenters. The van der Waals surface area contributed by atoms with Crippen LogP contribution < -0.4 is 0 Å². The topological polar surface area (TPSA) is 83.6 Å². The van der Waals surface area contributed by atoms with Crippen LogP contribution in [0.25, 0.3) is 0 Å². The lowest BCUT2D eigenvalue weighted by atomic mass is 9.95. The fourth-order valence-electron chi connectivity index (χ4n) is 3.05. The Kier molecular flexibility index (Phi) is 6.33. The molecule has 1 amide bonds. The minimum Gasteiger partial charge on any atom is -0.480 e. The summed E-state index contributed by atoms with van der Waals surface area (Å²) in [6.07, 6.45) is 0.852. The zero-order valence-corrected chi connectivity index (χ0v) is 14.9. The molecule has 0 saturated carbocycles. The molecule has 6 heteroatoms. The molecule has 2 rings (SSSR count). The second-order valence-electron chi connectivity index (χ2n) is 6.29. The lowest BCUT2D eigenvalue weighted by Crippen LogP contribution is -2.37. The van der Waals surface area contributed by atoms with Gasteiger partial charge in [0.25, 0.3) is 0 Å². The minimum atomic E-state index is -1.01. The summed E-state index contributed by atoms with van der Waals surface area (Å²) in [6.45, 7) is 5.68. The number of amides is 1. The first-order chi connectivity index (χ1) is 11.9. The van der Waals surface area contributed by atoms with Gasteiger partial charge in [-0.3, -0.25) is 9.59 Å². The maximum atomic E-state index is 12.6. The lowest BCUT2D eigenvalue weighted by Gasteiger charge is -2.22. The average Bonchev–Trinajstić information content (AvgIpc) is 2.90. The van der Waals surface area contributed by atoms with E-state index in [9.17, 15) is 9.59 Å². The molecule has 0 saturated heterocycles. The molecule has 0 bridgehead atoms. The fourth-order valence-corrected chi connectivity index (χ4v) is 3.05. The third kappa shape index (κ3) is 5.17. The van der Waals surface area contributed by atoms with Crippen molar-refractivity contribution in [2.45, 2.75) is 39.5 Å². The number of hydrogen-bond acceptors (Lipinski definition) is 4. The third-order valence-corrected chi connectivity index (χ3v) is 4.25. The van der Waals surface area contributed by atoms with Gasteiger partial charge in [-0.25, -0.2) is 0 Å². The molecule has 0 aliphatic rings. The van der Waals surface area contributed by atoms with Crippen LogP contribution in [-0.2, 0) is 16.0 Å². The first-order valence-corrected chi connectivity index (χ1v) is 8.34. The fraction of sp³-hybridized carbons (Fsp3) is 0.421. The Balaban J connectivity index is 2.03. The van der Waals surface area contributed by atoms with Gasteiger partial charge in [-0.1, -0.05) is 42.4 Å². The van der Waals surface area contributed by atoms with Crippen LogP contribution in [0.15, 0.2) is 34.9 Å². The monoisotopic (exact) mass is 344 g/mol. The molecule has 1 aromatic carbocycles. The molecule has 0 fully saturated rings. The Bertz CT molecular complexity index is 705. The predicted octanol–water partition coefficient (Wildman–Crippen LogP) is 2.94. The summed E-state index contributed by atoms with van der Waals surface area (Å²) in [4.78, 5) is 25.2.